The predicted molar refractivity (Wildman–Crippen MR) is 92.7 cm³/mol. The first-order chi connectivity index (χ1) is 12.1. The molecule has 2 aromatic rings. The minimum Gasteiger partial charge on any atom is -0.460 e. The van der Waals surface area contributed by atoms with Gasteiger partial charge in [-0.25, -0.2) is 9.59 Å². The molecule has 1 aromatic carbocycles. The highest BCUT2D eigenvalue weighted by Gasteiger charge is 2.07. The second-order valence-corrected chi connectivity index (χ2v) is 4.96. The number of aromatic amines is 1. The molecule has 0 spiro atoms. The van der Waals surface area contributed by atoms with Crippen LogP contribution < -0.4 is 16.6 Å². The molecule has 0 atom stereocenters. The third-order valence-electron chi connectivity index (χ3n) is 3.15. The Morgan fingerprint density at radius 1 is 1.24 bits per heavy atom. The van der Waals surface area contributed by atoms with Crippen LogP contribution in [0, 0.1) is 0 Å². The van der Waals surface area contributed by atoms with Gasteiger partial charge in [-0.15, -0.1) is 6.58 Å². The molecule has 0 aliphatic rings. The van der Waals surface area contributed by atoms with Crippen LogP contribution in [0.3, 0.4) is 0 Å². The summed E-state index contributed by atoms with van der Waals surface area (Å²) in [5, 5.41) is 2.88. The van der Waals surface area contributed by atoms with Crippen molar-refractivity contribution in [2.75, 3.05) is 25.1 Å². The van der Waals surface area contributed by atoms with Crippen LogP contribution in [-0.2, 0) is 16.2 Å². The van der Waals surface area contributed by atoms with Gasteiger partial charge in [0.1, 0.15) is 19.2 Å². The van der Waals surface area contributed by atoms with Crippen molar-refractivity contribution in [3.8, 4) is 0 Å². The number of carbonyl (C=O) groups excluding carboxylic acids is 1. The van der Waals surface area contributed by atoms with E-state index in [1.165, 1.54) is 10.6 Å². The van der Waals surface area contributed by atoms with E-state index >= 15 is 0 Å². The third kappa shape index (κ3) is 5.47. The lowest BCUT2D eigenvalue weighted by atomic mass is 10.2. The number of H-pyrrole nitrogens is 1. The molecule has 0 fully saturated rings. The Kier molecular flexibility index (Phi) is 6.73. The SMILES string of the molecule is C=CCNc1cc(=O)[nH]c(=O)n1COCCOC(=O)c1ccccc1. The van der Waals surface area contributed by atoms with Crippen molar-refractivity contribution in [3.63, 3.8) is 0 Å². The average molecular weight is 345 g/mol. The zero-order chi connectivity index (χ0) is 18.1. The number of aromatic nitrogens is 2. The van der Waals surface area contributed by atoms with Gasteiger partial charge in [-0.3, -0.25) is 14.3 Å². The van der Waals surface area contributed by atoms with Crippen molar-refractivity contribution in [1.29, 1.82) is 0 Å². The molecule has 25 heavy (non-hydrogen) atoms. The van der Waals surface area contributed by atoms with Gasteiger partial charge in [0.05, 0.1) is 12.2 Å². The fraction of sp³-hybridized carbons (Fsp3) is 0.235. The first-order valence-electron chi connectivity index (χ1n) is 7.60. The molecule has 1 aromatic heterocycles. The summed E-state index contributed by atoms with van der Waals surface area (Å²) in [6.45, 7) is 4.00. The van der Waals surface area contributed by atoms with Gasteiger partial charge in [0.2, 0.25) is 0 Å². The monoisotopic (exact) mass is 345 g/mol. The van der Waals surface area contributed by atoms with E-state index in [1.807, 2.05) is 0 Å². The van der Waals surface area contributed by atoms with E-state index in [1.54, 1.807) is 36.4 Å². The lowest BCUT2D eigenvalue weighted by Crippen LogP contribution is -2.32. The molecule has 2 rings (SSSR count). The normalized spacial score (nSPS) is 10.2. The van der Waals surface area contributed by atoms with E-state index in [0.717, 1.165) is 0 Å². The number of carbonyl (C=O) groups is 1. The summed E-state index contributed by atoms with van der Waals surface area (Å²) in [7, 11) is 0. The maximum Gasteiger partial charge on any atom is 0.338 e. The van der Waals surface area contributed by atoms with Crippen molar-refractivity contribution >= 4 is 11.8 Å². The molecule has 1 heterocycles. The zero-order valence-electron chi connectivity index (χ0n) is 13.6. The number of esters is 1. The minimum absolute atomic E-state index is 0.0429. The van der Waals surface area contributed by atoms with E-state index < -0.39 is 17.2 Å². The van der Waals surface area contributed by atoms with Crippen molar-refractivity contribution in [2.24, 2.45) is 0 Å². The summed E-state index contributed by atoms with van der Waals surface area (Å²) in [6.07, 6.45) is 1.60. The van der Waals surface area contributed by atoms with Gasteiger partial charge in [0.15, 0.2) is 0 Å². The first kappa shape index (κ1) is 18.2. The molecular weight excluding hydrogens is 326 g/mol. The maximum atomic E-state index is 11.9. The van der Waals surface area contributed by atoms with E-state index in [2.05, 4.69) is 16.9 Å². The van der Waals surface area contributed by atoms with Gasteiger partial charge >= 0.3 is 11.7 Å². The Labute approximate surface area is 143 Å². The van der Waals surface area contributed by atoms with Gasteiger partial charge in [0, 0.05) is 12.6 Å². The van der Waals surface area contributed by atoms with Crippen LogP contribution in [0.1, 0.15) is 10.4 Å². The van der Waals surface area contributed by atoms with E-state index in [0.29, 0.717) is 17.9 Å². The second kappa shape index (κ2) is 9.24. The number of hydrogen-bond donors (Lipinski definition) is 2. The third-order valence-corrected chi connectivity index (χ3v) is 3.15. The molecule has 0 saturated heterocycles. The second-order valence-electron chi connectivity index (χ2n) is 4.96. The fourth-order valence-electron chi connectivity index (χ4n) is 1.98. The van der Waals surface area contributed by atoms with Crippen LogP contribution in [0.15, 0.2) is 58.6 Å². The first-order valence-corrected chi connectivity index (χ1v) is 7.60. The highest BCUT2D eigenvalue weighted by Crippen LogP contribution is 2.02. The summed E-state index contributed by atoms with van der Waals surface area (Å²) in [4.78, 5) is 37.1. The fourth-order valence-corrected chi connectivity index (χ4v) is 1.98. The molecule has 0 aliphatic carbocycles. The van der Waals surface area contributed by atoms with E-state index in [-0.39, 0.29) is 19.9 Å². The minimum atomic E-state index is -0.597. The van der Waals surface area contributed by atoms with Crippen molar-refractivity contribution in [3.05, 3.63) is 75.5 Å². The van der Waals surface area contributed by atoms with E-state index in [4.69, 9.17) is 9.47 Å². The van der Waals surface area contributed by atoms with Crippen LogP contribution in [0.2, 0.25) is 0 Å². The number of anilines is 1. The molecule has 132 valence electrons. The number of benzene rings is 1. The van der Waals surface area contributed by atoms with Crippen molar-refractivity contribution in [1.82, 2.24) is 9.55 Å². The van der Waals surface area contributed by atoms with Crippen molar-refractivity contribution < 1.29 is 14.3 Å². The lowest BCUT2D eigenvalue weighted by Gasteiger charge is -2.13. The van der Waals surface area contributed by atoms with Gasteiger partial charge < -0.3 is 14.8 Å². The number of nitrogens with one attached hydrogen (secondary N) is 2. The number of ether oxygens (including phenoxy) is 2. The van der Waals surface area contributed by atoms with Crippen LogP contribution in [0.25, 0.3) is 0 Å². The van der Waals surface area contributed by atoms with E-state index in [9.17, 15) is 14.4 Å². The van der Waals surface area contributed by atoms with Gasteiger partial charge in [0.25, 0.3) is 5.56 Å². The summed E-state index contributed by atoms with van der Waals surface area (Å²) in [5.74, 6) is -0.131. The lowest BCUT2D eigenvalue weighted by molar-refractivity contribution is 0.0167. The number of nitrogens with zero attached hydrogens (tertiary/aromatic N) is 1. The van der Waals surface area contributed by atoms with Crippen LogP contribution in [0.5, 0.6) is 0 Å². The Morgan fingerprint density at radius 2 is 2.00 bits per heavy atom. The smallest absolute Gasteiger partial charge is 0.338 e. The van der Waals surface area contributed by atoms with Gasteiger partial charge in [-0.2, -0.15) is 0 Å². The molecular formula is C17H19N3O5. The summed E-state index contributed by atoms with van der Waals surface area (Å²) < 4.78 is 11.6. The summed E-state index contributed by atoms with van der Waals surface area (Å²) in [6, 6.07) is 9.85. The van der Waals surface area contributed by atoms with Crippen LogP contribution in [-0.4, -0.2) is 35.3 Å². The molecule has 0 amide bonds. The Hall–Kier alpha value is -3.13. The largest absolute Gasteiger partial charge is 0.460 e. The summed E-state index contributed by atoms with van der Waals surface area (Å²) >= 11 is 0. The Bertz CT molecular complexity index is 826. The van der Waals surface area contributed by atoms with Crippen LogP contribution >= 0.6 is 0 Å². The quantitative estimate of drug-likeness (QED) is 0.399. The molecule has 8 heteroatoms. The Balaban J connectivity index is 1.85. The zero-order valence-corrected chi connectivity index (χ0v) is 13.6. The molecule has 2 N–H and O–H groups in total. The molecule has 0 saturated carbocycles. The standard InChI is InChI=1S/C17H19N3O5/c1-2-8-18-14-11-15(21)19-17(23)20(14)12-24-9-10-25-16(22)13-6-4-3-5-7-13/h2-7,11,18H,1,8-10,12H2,(H,19,21,23). The highest BCUT2D eigenvalue weighted by molar-refractivity contribution is 5.89. The molecule has 0 radical (unpaired) electrons. The molecule has 0 bridgehead atoms. The highest BCUT2D eigenvalue weighted by atomic mass is 16.6. The molecule has 0 unspecified atom stereocenters. The molecule has 0 aliphatic heterocycles. The number of rotatable bonds is 9. The van der Waals surface area contributed by atoms with Crippen molar-refractivity contribution in [2.45, 2.75) is 6.73 Å². The van der Waals surface area contributed by atoms with Gasteiger partial charge in [-0.1, -0.05) is 24.3 Å². The Morgan fingerprint density at radius 3 is 2.72 bits per heavy atom. The molecule has 8 nitrogen and oxygen atoms in total. The number of hydrogen-bond acceptors (Lipinski definition) is 6. The topological polar surface area (TPSA) is 102 Å². The van der Waals surface area contributed by atoms with Crippen LogP contribution in [0.4, 0.5) is 5.82 Å². The maximum absolute atomic E-state index is 11.9. The average Bonchev–Trinajstić information content (AvgIpc) is 2.61. The summed E-state index contributed by atoms with van der Waals surface area (Å²) in [5.41, 5.74) is -0.653. The van der Waals surface area contributed by atoms with Gasteiger partial charge in [-0.05, 0) is 12.1 Å². The predicted octanol–water partition coefficient (Wildman–Crippen LogP) is 0.966.